The van der Waals surface area contributed by atoms with Gasteiger partial charge in [-0.1, -0.05) is 42.3 Å². The molecule has 0 aliphatic carbocycles. The van der Waals surface area contributed by atoms with Gasteiger partial charge in [0.1, 0.15) is 5.75 Å². The van der Waals surface area contributed by atoms with Crippen molar-refractivity contribution in [2.45, 2.75) is 19.9 Å². The number of benzene rings is 1. The van der Waals surface area contributed by atoms with Crippen LogP contribution in [0.1, 0.15) is 18.2 Å². The molecule has 0 fully saturated rings. The average molecular weight is 313 g/mol. The van der Waals surface area contributed by atoms with Crippen molar-refractivity contribution in [3.05, 3.63) is 56.2 Å². The number of methoxy groups -OCH3 is 1. The Morgan fingerprint density at radius 1 is 1.20 bits per heavy atom. The molecule has 1 aromatic carbocycles. The molecule has 0 N–H and O–H groups in total. The van der Waals surface area contributed by atoms with Crippen LogP contribution in [0.2, 0.25) is 10.3 Å². The van der Waals surface area contributed by atoms with E-state index in [-0.39, 0.29) is 15.9 Å². The Kier molecular flexibility index (Phi) is 4.68. The van der Waals surface area contributed by atoms with E-state index >= 15 is 0 Å². The van der Waals surface area contributed by atoms with E-state index in [4.69, 9.17) is 27.9 Å². The van der Waals surface area contributed by atoms with Crippen LogP contribution in [-0.4, -0.2) is 16.7 Å². The van der Waals surface area contributed by atoms with Crippen molar-refractivity contribution >= 4 is 23.2 Å². The van der Waals surface area contributed by atoms with Gasteiger partial charge in [0.2, 0.25) is 0 Å². The number of rotatable bonds is 4. The quantitative estimate of drug-likeness (QED) is 0.871. The molecule has 106 valence electrons. The van der Waals surface area contributed by atoms with Crippen LogP contribution >= 0.6 is 23.2 Å². The number of hydrogen-bond acceptors (Lipinski definition) is 3. The van der Waals surface area contributed by atoms with Crippen molar-refractivity contribution in [3.8, 4) is 5.75 Å². The molecule has 0 bridgehead atoms. The minimum Gasteiger partial charge on any atom is -0.497 e. The van der Waals surface area contributed by atoms with E-state index in [1.54, 1.807) is 11.7 Å². The van der Waals surface area contributed by atoms with Crippen LogP contribution in [-0.2, 0) is 13.0 Å². The maximum Gasteiger partial charge on any atom is 0.288 e. The molecule has 4 nitrogen and oxygen atoms in total. The monoisotopic (exact) mass is 312 g/mol. The van der Waals surface area contributed by atoms with Crippen molar-refractivity contribution < 1.29 is 4.74 Å². The second kappa shape index (κ2) is 6.29. The van der Waals surface area contributed by atoms with Gasteiger partial charge in [-0.05, 0) is 24.1 Å². The second-order valence-corrected chi connectivity index (χ2v) is 4.95. The lowest BCUT2D eigenvalue weighted by Gasteiger charge is -2.13. The Bertz CT molecular complexity index is 666. The standard InChI is InChI=1S/C14H14Cl2N2O2/c1-3-11-12(15)17-13(16)14(19)18(11)8-9-4-6-10(20-2)7-5-9/h4-7H,3,8H2,1-2H3. The first-order valence-electron chi connectivity index (χ1n) is 6.14. The molecule has 0 radical (unpaired) electrons. The molecular weight excluding hydrogens is 299 g/mol. The van der Waals surface area contributed by atoms with E-state index in [0.29, 0.717) is 18.7 Å². The first kappa shape index (κ1) is 14.9. The molecule has 0 atom stereocenters. The topological polar surface area (TPSA) is 44.1 Å². The largest absolute Gasteiger partial charge is 0.497 e. The summed E-state index contributed by atoms with van der Waals surface area (Å²) in [5, 5.41) is 0.159. The normalized spacial score (nSPS) is 10.6. The van der Waals surface area contributed by atoms with Crippen molar-refractivity contribution in [3.63, 3.8) is 0 Å². The van der Waals surface area contributed by atoms with Gasteiger partial charge in [-0.3, -0.25) is 4.79 Å². The summed E-state index contributed by atoms with van der Waals surface area (Å²) in [6.07, 6.45) is 0.606. The van der Waals surface area contributed by atoms with Gasteiger partial charge in [-0.2, -0.15) is 0 Å². The zero-order chi connectivity index (χ0) is 14.7. The molecular formula is C14H14Cl2N2O2. The first-order valence-corrected chi connectivity index (χ1v) is 6.90. The van der Waals surface area contributed by atoms with E-state index < -0.39 is 0 Å². The lowest BCUT2D eigenvalue weighted by Crippen LogP contribution is -2.26. The maximum absolute atomic E-state index is 12.1. The van der Waals surface area contributed by atoms with Crippen LogP contribution in [0.5, 0.6) is 5.75 Å². The van der Waals surface area contributed by atoms with Crippen LogP contribution in [0.15, 0.2) is 29.1 Å². The summed E-state index contributed by atoms with van der Waals surface area (Å²) >= 11 is 11.9. The summed E-state index contributed by atoms with van der Waals surface area (Å²) < 4.78 is 6.66. The zero-order valence-electron chi connectivity index (χ0n) is 11.2. The van der Waals surface area contributed by atoms with Crippen LogP contribution in [0.4, 0.5) is 0 Å². The van der Waals surface area contributed by atoms with Gasteiger partial charge in [0.15, 0.2) is 10.3 Å². The number of ether oxygens (including phenoxy) is 1. The molecule has 20 heavy (non-hydrogen) atoms. The molecule has 1 heterocycles. The molecule has 0 saturated heterocycles. The van der Waals surface area contributed by atoms with Crippen molar-refractivity contribution in [2.75, 3.05) is 7.11 Å². The van der Waals surface area contributed by atoms with E-state index in [9.17, 15) is 4.79 Å². The summed E-state index contributed by atoms with van der Waals surface area (Å²) in [5.41, 5.74) is 1.31. The highest BCUT2D eigenvalue weighted by Gasteiger charge is 2.13. The zero-order valence-corrected chi connectivity index (χ0v) is 12.7. The maximum atomic E-state index is 12.1. The summed E-state index contributed by atoms with van der Waals surface area (Å²) in [7, 11) is 1.61. The van der Waals surface area contributed by atoms with E-state index in [1.165, 1.54) is 0 Å². The molecule has 2 aromatic rings. The summed E-state index contributed by atoms with van der Waals surface area (Å²) in [6, 6.07) is 7.48. The highest BCUT2D eigenvalue weighted by atomic mass is 35.5. The fourth-order valence-corrected chi connectivity index (χ4v) is 2.51. The van der Waals surface area contributed by atoms with E-state index in [1.807, 2.05) is 31.2 Å². The fraction of sp³-hybridized carbons (Fsp3) is 0.286. The van der Waals surface area contributed by atoms with Crippen molar-refractivity contribution in [2.24, 2.45) is 0 Å². The van der Waals surface area contributed by atoms with E-state index in [2.05, 4.69) is 4.98 Å². The molecule has 0 aliphatic heterocycles. The minimum atomic E-state index is -0.330. The van der Waals surface area contributed by atoms with Crippen LogP contribution in [0.25, 0.3) is 0 Å². The third-order valence-corrected chi connectivity index (χ3v) is 3.57. The number of nitrogens with zero attached hydrogens (tertiary/aromatic N) is 2. The number of halogens is 2. The van der Waals surface area contributed by atoms with Crippen LogP contribution < -0.4 is 10.3 Å². The predicted molar refractivity (Wildman–Crippen MR) is 80.0 cm³/mol. The molecule has 0 spiro atoms. The summed E-state index contributed by atoms with van der Waals surface area (Å²) in [4.78, 5) is 16.0. The predicted octanol–water partition coefficient (Wildman–Crippen LogP) is 3.17. The summed E-state index contributed by atoms with van der Waals surface area (Å²) in [5.74, 6) is 0.766. The van der Waals surface area contributed by atoms with Gasteiger partial charge in [0, 0.05) is 0 Å². The molecule has 0 amide bonds. The van der Waals surface area contributed by atoms with Gasteiger partial charge >= 0.3 is 0 Å². The van der Waals surface area contributed by atoms with Gasteiger partial charge in [0.25, 0.3) is 5.56 Å². The Labute approximate surface area is 126 Å². The highest BCUT2D eigenvalue weighted by molar-refractivity contribution is 6.32. The lowest BCUT2D eigenvalue weighted by atomic mass is 10.2. The molecule has 0 aliphatic rings. The highest BCUT2D eigenvalue weighted by Crippen LogP contribution is 2.17. The van der Waals surface area contributed by atoms with E-state index in [0.717, 1.165) is 11.3 Å². The molecule has 2 rings (SSSR count). The SMILES string of the molecule is CCc1c(Cl)nc(Cl)c(=O)n1Cc1ccc(OC)cc1. The Balaban J connectivity index is 2.44. The smallest absolute Gasteiger partial charge is 0.288 e. The van der Waals surface area contributed by atoms with Gasteiger partial charge in [-0.15, -0.1) is 0 Å². The minimum absolute atomic E-state index is 0.110. The number of aromatic nitrogens is 2. The van der Waals surface area contributed by atoms with Crippen molar-refractivity contribution in [1.82, 2.24) is 9.55 Å². The molecule has 1 aromatic heterocycles. The third kappa shape index (κ3) is 2.97. The Hall–Kier alpha value is -1.52. The first-order chi connectivity index (χ1) is 9.56. The number of hydrogen-bond donors (Lipinski definition) is 0. The van der Waals surface area contributed by atoms with Crippen molar-refractivity contribution in [1.29, 1.82) is 0 Å². The van der Waals surface area contributed by atoms with Crippen LogP contribution in [0, 0.1) is 0 Å². The lowest BCUT2D eigenvalue weighted by molar-refractivity contribution is 0.414. The second-order valence-electron chi connectivity index (χ2n) is 4.23. The van der Waals surface area contributed by atoms with Gasteiger partial charge in [-0.25, -0.2) is 4.98 Å². The Morgan fingerprint density at radius 3 is 2.40 bits per heavy atom. The van der Waals surface area contributed by atoms with Gasteiger partial charge in [0.05, 0.1) is 19.3 Å². The van der Waals surface area contributed by atoms with Gasteiger partial charge < -0.3 is 9.30 Å². The van der Waals surface area contributed by atoms with Crippen LogP contribution in [0.3, 0.4) is 0 Å². The summed E-state index contributed by atoms with van der Waals surface area (Å²) in [6.45, 7) is 2.31. The molecule has 0 saturated carbocycles. The Morgan fingerprint density at radius 2 is 1.85 bits per heavy atom. The molecule has 0 unspecified atom stereocenters. The fourth-order valence-electron chi connectivity index (χ4n) is 1.96. The average Bonchev–Trinajstić information content (AvgIpc) is 2.45. The molecule has 6 heteroatoms. The third-order valence-electron chi connectivity index (χ3n) is 3.02.